The van der Waals surface area contributed by atoms with E-state index < -0.39 is 24.4 Å². The lowest BCUT2D eigenvalue weighted by Crippen LogP contribution is -2.15. The van der Waals surface area contributed by atoms with Crippen molar-refractivity contribution in [1.29, 1.82) is 0 Å². The Labute approximate surface area is 104 Å². The molecule has 0 unspecified atom stereocenters. The first kappa shape index (κ1) is 16.4. The fraction of sp³-hybridized carbons (Fsp3) is 0.385. The van der Waals surface area contributed by atoms with Crippen molar-refractivity contribution < 1.29 is 23.5 Å². The maximum absolute atomic E-state index is 11.8. The van der Waals surface area contributed by atoms with Crippen LogP contribution < -0.4 is 0 Å². The SMILES string of the molecule is CC(C)O.O=C(CC(=O)C(F)F)c1ccccc1. The van der Waals surface area contributed by atoms with Gasteiger partial charge in [-0.2, -0.15) is 0 Å². The molecule has 0 saturated carbocycles. The van der Waals surface area contributed by atoms with E-state index in [2.05, 4.69) is 0 Å². The van der Waals surface area contributed by atoms with Crippen molar-refractivity contribution in [3.05, 3.63) is 35.9 Å². The molecule has 0 aliphatic carbocycles. The maximum atomic E-state index is 11.8. The quantitative estimate of drug-likeness (QED) is 0.666. The zero-order valence-electron chi connectivity index (χ0n) is 10.3. The van der Waals surface area contributed by atoms with Gasteiger partial charge in [-0.1, -0.05) is 30.3 Å². The largest absolute Gasteiger partial charge is 0.394 e. The number of halogens is 2. The second-order valence-electron chi connectivity index (χ2n) is 3.83. The van der Waals surface area contributed by atoms with Gasteiger partial charge in [0.2, 0.25) is 5.78 Å². The molecule has 1 N–H and O–H groups in total. The summed E-state index contributed by atoms with van der Waals surface area (Å²) >= 11 is 0. The third kappa shape index (κ3) is 7.62. The monoisotopic (exact) mass is 258 g/mol. The summed E-state index contributed by atoms with van der Waals surface area (Å²) in [6.07, 6.45) is -3.97. The van der Waals surface area contributed by atoms with Crippen molar-refractivity contribution in [2.75, 3.05) is 0 Å². The predicted octanol–water partition coefficient (Wildman–Crippen LogP) is 2.48. The first-order valence-electron chi connectivity index (χ1n) is 5.41. The summed E-state index contributed by atoms with van der Waals surface area (Å²) in [5, 5.41) is 8.06. The molecule has 0 aliphatic heterocycles. The fourth-order valence-corrected chi connectivity index (χ4v) is 0.962. The molecule has 0 atom stereocenters. The van der Waals surface area contributed by atoms with Crippen molar-refractivity contribution in [2.45, 2.75) is 32.8 Å². The van der Waals surface area contributed by atoms with Gasteiger partial charge in [-0.3, -0.25) is 9.59 Å². The molecule has 0 amide bonds. The highest BCUT2D eigenvalue weighted by Gasteiger charge is 2.19. The van der Waals surface area contributed by atoms with Crippen LogP contribution in [-0.2, 0) is 4.79 Å². The summed E-state index contributed by atoms with van der Waals surface area (Å²) in [6, 6.07) is 7.90. The van der Waals surface area contributed by atoms with Gasteiger partial charge in [0, 0.05) is 11.7 Å². The topological polar surface area (TPSA) is 54.4 Å². The molecule has 3 nitrogen and oxygen atoms in total. The van der Waals surface area contributed by atoms with Crippen molar-refractivity contribution in [3.8, 4) is 0 Å². The van der Waals surface area contributed by atoms with E-state index in [0.29, 0.717) is 0 Å². The third-order valence-corrected chi connectivity index (χ3v) is 1.67. The molecular weight excluding hydrogens is 242 g/mol. The lowest BCUT2D eigenvalue weighted by molar-refractivity contribution is -0.128. The third-order valence-electron chi connectivity index (χ3n) is 1.67. The van der Waals surface area contributed by atoms with E-state index in [1.165, 1.54) is 12.1 Å². The van der Waals surface area contributed by atoms with Crippen LogP contribution in [0.1, 0.15) is 30.6 Å². The van der Waals surface area contributed by atoms with Gasteiger partial charge in [0.15, 0.2) is 5.78 Å². The Balaban J connectivity index is 0.000000631. The number of benzene rings is 1. The van der Waals surface area contributed by atoms with Crippen LogP contribution in [0.2, 0.25) is 0 Å². The van der Waals surface area contributed by atoms with Crippen LogP contribution in [0.15, 0.2) is 30.3 Å². The molecule has 1 aromatic carbocycles. The van der Waals surface area contributed by atoms with Gasteiger partial charge in [0.05, 0.1) is 6.42 Å². The minimum atomic E-state index is -3.07. The zero-order valence-corrected chi connectivity index (χ0v) is 10.3. The predicted molar refractivity (Wildman–Crippen MR) is 63.8 cm³/mol. The van der Waals surface area contributed by atoms with Crippen LogP contribution in [0, 0.1) is 0 Å². The van der Waals surface area contributed by atoms with Crippen LogP contribution in [0.3, 0.4) is 0 Å². The minimum absolute atomic E-state index is 0.167. The molecule has 0 bridgehead atoms. The summed E-state index contributed by atoms with van der Waals surface area (Å²) in [5.74, 6) is -1.91. The van der Waals surface area contributed by atoms with E-state index in [9.17, 15) is 18.4 Å². The molecule has 5 heteroatoms. The molecule has 0 fully saturated rings. The number of carbonyl (C=O) groups is 2. The first-order valence-corrected chi connectivity index (χ1v) is 5.41. The molecule has 18 heavy (non-hydrogen) atoms. The summed E-state index contributed by atoms with van der Waals surface area (Å²) in [5.41, 5.74) is 0.279. The minimum Gasteiger partial charge on any atom is -0.394 e. The Morgan fingerprint density at radius 2 is 1.61 bits per heavy atom. The Morgan fingerprint density at radius 3 is 2.00 bits per heavy atom. The molecule has 1 rings (SSSR count). The molecule has 0 spiro atoms. The Morgan fingerprint density at radius 1 is 1.17 bits per heavy atom. The number of hydrogen-bond acceptors (Lipinski definition) is 3. The normalized spacial score (nSPS) is 9.94. The van der Waals surface area contributed by atoms with E-state index in [0.717, 1.165) is 0 Å². The Bertz CT molecular complexity index is 372. The molecule has 0 heterocycles. The number of aliphatic hydroxyl groups is 1. The van der Waals surface area contributed by atoms with E-state index >= 15 is 0 Å². The second-order valence-corrected chi connectivity index (χ2v) is 3.83. The van der Waals surface area contributed by atoms with Crippen LogP contribution in [0.25, 0.3) is 0 Å². The number of alkyl halides is 2. The standard InChI is InChI=1S/C10H8F2O2.C3H8O/c11-10(12)9(14)6-8(13)7-4-2-1-3-5-7;1-3(2)4/h1-5,10H,6H2;3-4H,1-2H3. The van der Waals surface area contributed by atoms with Gasteiger partial charge in [-0.25, -0.2) is 8.78 Å². The van der Waals surface area contributed by atoms with E-state index in [-0.39, 0.29) is 11.7 Å². The van der Waals surface area contributed by atoms with Crippen molar-refractivity contribution in [2.24, 2.45) is 0 Å². The summed E-state index contributed by atoms with van der Waals surface area (Å²) in [7, 11) is 0. The van der Waals surface area contributed by atoms with Crippen LogP contribution >= 0.6 is 0 Å². The number of aliphatic hydroxyl groups excluding tert-OH is 1. The fourth-order valence-electron chi connectivity index (χ4n) is 0.962. The van der Waals surface area contributed by atoms with Crippen molar-refractivity contribution >= 4 is 11.6 Å². The lowest BCUT2D eigenvalue weighted by atomic mass is 10.1. The molecule has 1 aromatic rings. The van der Waals surface area contributed by atoms with Gasteiger partial charge in [0.1, 0.15) is 0 Å². The molecule has 0 aromatic heterocycles. The second kappa shape index (κ2) is 8.47. The number of rotatable bonds is 4. The number of ketones is 2. The molecule has 0 saturated heterocycles. The number of carbonyl (C=O) groups excluding carboxylic acids is 2. The number of hydrogen-bond donors (Lipinski definition) is 1. The van der Waals surface area contributed by atoms with E-state index in [4.69, 9.17) is 5.11 Å². The van der Waals surface area contributed by atoms with Crippen molar-refractivity contribution in [3.63, 3.8) is 0 Å². The average Bonchev–Trinajstić information content (AvgIpc) is 2.29. The van der Waals surface area contributed by atoms with Crippen LogP contribution in [0.4, 0.5) is 8.78 Å². The first-order chi connectivity index (χ1) is 8.34. The van der Waals surface area contributed by atoms with Crippen LogP contribution in [0.5, 0.6) is 0 Å². The Hall–Kier alpha value is -1.62. The lowest BCUT2D eigenvalue weighted by Gasteiger charge is -1.99. The van der Waals surface area contributed by atoms with Gasteiger partial charge < -0.3 is 5.11 Å². The zero-order chi connectivity index (χ0) is 14.1. The van der Waals surface area contributed by atoms with E-state index in [1.807, 2.05) is 0 Å². The highest BCUT2D eigenvalue weighted by atomic mass is 19.3. The molecule has 0 aliphatic rings. The summed E-state index contributed by atoms with van der Waals surface area (Å²) in [4.78, 5) is 21.8. The summed E-state index contributed by atoms with van der Waals surface area (Å²) in [6.45, 7) is 3.44. The molecule has 100 valence electrons. The number of Topliss-reactive ketones (excluding diaryl/α,β-unsaturated/α-hetero) is 2. The van der Waals surface area contributed by atoms with Gasteiger partial charge in [-0.15, -0.1) is 0 Å². The van der Waals surface area contributed by atoms with Crippen LogP contribution in [-0.4, -0.2) is 29.2 Å². The Kier molecular flexibility index (Phi) is 7.71. The van der Waals surface area contributed by atoms with Gasteiger partial charge >= 0.3 is 0 Å². The maximum Gasteiger partial charge on any atom is 0.296 e. The molecule has 0 radical (unpaired) electrons. The van der Waals surface area contributed by atoms with Gasteiger partial charge in [-0.05, 0) is 13.8 Å². The molecular formula is C13H16F2O3. The van der Waals surface area contributed by atoms with Gasteiger partial charge in [0.25, 0.3) is 6.43 Å². The average molecular weight is 258 g/mol. The van der Waals surface area contributed by atoms with Crippen molar-refractivity contribution in [1.82, 2.24) is 0 Å². The van der Waals surface area contributed by atoms with E-state index in [1.54, 1.807) is 32.0 Å². The smallest absolute Gasteiger partial charge is 0.296 e. The summed E-state index contributed by atoms with van der Waals surface area (Å²) < 4.78 is 23.6. The highest BCUT2D eigenvalue weighted by molar-refractivity contribution is 6.08. The highest BCUT2D eigenvalue weighted by Crippen LogP contribution is 2.06.